The van der Waals surface area contributed by atoms with Crippen LogP contribution in [0.1, 0.15) is 25.2 Å². The molecule has 1 aliphatic rings. The SMILES string of the molecule is Cc1cc2ccc3c(c2o1)C=CC(C)(C)O3. The first-order valence-corrected chi connectivity index (χ1v) is 5.47. The van der Waals surface area contributed by atoms with Crippen LogP contribution in [0.25, 0.3) is 17.0 Å². The Kier molecular flexibility index (Phi) is 1.73. The van der Waals surface area contributed by atoms with Gasteiger partial charge in [0.15, 0.2) is 0 Å². The van der Waals surface area contributed by atoms with Crippen molar-refractivity contribution in [3.63, 3.8) is 0 Å². The Morgan fingerprint density at radius 3 is 2.81 bits per heavy atom. The Balaban J connectivity index is 2.28. The summed E-state index contributed by atoms with van der Waals surface area (Å²) in [5.74, 6) is 1.83. The van der Waals surface area contributed by atoms with Gasteiger partial charge in [-0.15, -0.1) is 0 Å². The van der Waals surface area contributed by atoms with Gasteiger partial charge in [-0.1, -0.05) is 0 Å². The first-order chi connectivity index (χ1) is 7.55. The molecule has 16 heavy (non-hydrogen) atoms. The molecule has 1 aromatic carbocycles. The number of aryl methyl sites for hydroxylation is 1. The standard InChI is InChI=1S/C14H14O2/c1-9-8-10-4-5-12-11(13(10)15-9)6-7-14(2,3)16-12/h4-8H,1-3H3. The van der Waals surface area contributed by atoms with Gasteiger partial charge in [-0.3, -0.25) is 0 Å². The molecule has 82 valence electrons. The summed E-state index contributed by atoms with van der Waals surface area (Å²) in [6.45, 7) is 6.05. The summed E-state index contributed by atoms with van der Waals surface area (Å²) in [5, 5.41) is 1.13. The van der Waals surface area contributed by atoms with Gasteiger partial charge in [0.25, 0.3) is 0 Å². The maximum absolute atomic E-state index is 5.89. The highest BCUT2D eigenvalue weighted by atomic mass is 16.5. The summed E-state index contributed by atoms with van der Waals surface area (Å²) in [7, 11) is 0. The van der Waals surface area contributed by atoms with E-state index in [4.69, 9.17) is 9.15 Å². The van der Waals surface area contributed by atoms with E-state index in [1.807, 2.05) is 39.0 Å². The molecule has 0 unspecified atom stereocenters. The summed E-state index contributed by atoms with van der Waals surface area (Å²) >= 11 is 0. The molecule has 0 spiro atoms. The van der Waals surface area contributed by atoms with Gasteiger partial charge in [-0.05, 0) is 51.1 Å². The van der Waals surface area contributed by atoms with E-state index in [1.165, 1.54) is 0 Å². The van der Waals surface area contributed by atoms with Crippen molar-refractivity contribution in [2.75, 3.05) is 0 Å². The van der Waals surface area contributed by atoms with Gasteiger partial charge >= 0.3 is 0 Å². The lowest BCUT2D eigenvalue weighted by molar-refractivity contribution is 0.159. The molecule has 1 aromatic heterocycles. The summed E-state index contributed by atoms with van der Waals surface area (Å²) in [5.41, 5.74) is 1.73. The molecule has 2 heteroatoms. The second kappa shape index (κ2) is 2.91. The summed E-state index contributed by atoms with van der Waals surface area (Å²) in [4.78, 5) is 0. The lowest BCUT2D eigenvalue weighted by Gasteiger charge is -2.27. The fraction of sp³-hybridized carbons (Fsp3) is 0.286. The molecular formula is C14H14O2. The van der Waals surface area contributed by atoms with Gasteiger partial charge in [-0.25, -0.2) is 0 Å². The van der Waals surface area contributed by atoms with Crippen LogP contribution in [0.3, 0.4) is 0 Å². The molecule has 2 nitrogen and oxygen atoms in total. The summed E-state index contributed by atoms with van der Waals surface area (Å²) in [6, 6.07) is 6.10. The van der Waals surface area contributed by atoms with Gasteiger partial charge in [0.05, 0.1) is 5.56 Å². The molecule has 2 heterocycles. The molecule has 2 aromatic rings. The fourth-order valence-electron chi connectivity index (χ4n) is 2.08. The van der Waals surface area contributed by atoms with Crippen molar-refractivity contribution in [3.05, 3.63) is 35.6 Å². The molecule has 0 N–H and O–H groups in total. The van der Waals surface area contributed by atoms with Crippen molar-refractivity contribution in [1.29, 1.82) is 0 Å². The monoisotopic (exact) mass is 214 g/mol. The molecule has 0 saturated heterocycles. The van der Waals surface area contributed by atoms with Crippen molar-refractivity contribution in [2.45, 2.75) is 26.4 Å². The Hall–Kier alpha value is -1.70. The largest absolute Gasteiger partial charge is 0.483 e. The molecule has 0 saturated carbocycles. The maximum Gasteiger partial charge on any atom is 0.145 e. The van der Waals surface area contributed by atoms with Crippen LogP contribution in [0.15, 0.2) is 28.7 Å². The normalized spacial score (nSPS) is 17.2. The number of hydrogen-bond donors (Lipinski definition) is 0. The van der Waals surface area contributed by atoms with Crippen LogP contribution in [-0.4, -0.2) is 5.60 Å². The highest BCUT2D eigenvalue weighted by Crippen LogP contribution is 2.36. The zero-order valence-corrected chi connectivity index (χ0v) is 9.70. The zero-order chi connectivity index (χ0) is 11.3. The van der Waals surface area contributed by atoms with Gasteiger partial charge in [0, 0.05) is 5.39 Å². The molecule has 0 amide bonds. The Labute approximate surface area is 94.5 Å². The highest BCUT2D eigenvalue weighted by molar-refractivity contribution is 5.90. The number of fused-ring (bicyclic) bond motifs is 3. The lowest BCUT2D eigenvalue weighted by Crippen LogP contribution is -2.27. The lowest BCUT2D eigenvalue weighted by atomic mass is 10.0. The van der Waals surface area contributed by atoms with Gasteiger partial charge < -0.3 is 9.15 Å². The Morgan fingerprint density at radius 2 is 2.00 bits per heavy atom. The first-order valence-electron chi connectivity index (χ1n) is 5.47. The van der Waals surface area contributed by atoms with E-state index >= 15 is 0 Å². The second-order valence-electron chi connectivity index (χ2n) is 4.79. The third-order valence-corrected chi connectivity index (χ3v) is 2.83. The fourth-order valence-corrected chi connectivity index (χ4v) is 2.08. The highest BCUT2D eigenvalue weighted by Gasteiger charge is 2.23. The van der Waals surface area contributed by atoms with E-state index in [-0.39, 0.29) is 5.60 Å². The van der Waals surface area contributed by atoms with Gasteiger partial charge in [0.1, 0.15) is 22.7 Å². The molecule has 0 aliphatic carbocycles. The Morgan fingerprint density at radius 1 is 1.19 bits per heavy atom. The third-order valence-electron chi connectivity index (χ3n) is 2.83. The van der Waals surface area contributed by atoms with E-state index in [1.54, 1.807) is 0 Å². The number of furan rings is 1. The average Bonchev–Trinajstić information content (AvgIpc) is 2.56. The quantitative estimate of drug-likeness (QED) is 0.663. The van der Waals surface area contributed by atoms with Crippen molar-refractivity contribution in [3.8, 4) is 5.75 Å². The number of benzene rings is 1. The number of rotatable bonds is 0. The van der Waals surface area contributed by atoms with Crippen LogP contribution in [0, 0.1) is 6.92 Å². The zero-order valence-electron chi connectivity index (χ0n) is 9.70. The topological polar surface area (TPSA) is 22.4 Å². The van der Waals surface area contributed by atoms with E-state index < -0.39 is 0 Å². The molecular weight excluding hydrogens is 200 g/mol. The first kappa shape index (κ1) is 9.52. The molecule has 1 aliphatic heterocycles. The van der Waals surface area contributed by atoms with E-state index in [9.17, 15) is 0 Å². The predicted octanol–water partition coefficient (Wildman–Crippen LogP) is 3.93. The number of ether oxygens (including phenoxy) is 1. The molecule has 0 fully saturated rings. The maximum atomic E-state index is 5.89. The van der Waals surface area contributed by atoms with Gasteiger partial charge in [0.2, 0.25) is 0 Å². The molecule has 0 radical (unpaired) electrons. The minimum absolute atomic E-state index is 0.234. The summed E-state index contributed by atoms with van der Waals surface area (Å²) < 4.78 is 11.6. The summed E-state index contributed by atoms with van der Waals surface area (Å²) in [6.07, 6.45) is 4.15. The third kappa shape index (κ3) is 1.33. The van der Waals surface area contributed by atoms with Crippen LogP contribution in [0.5, 0.6) is 5.75 Å². The van der Waals surface area contributed by atoms with Crippen LogP contribution < -0.4 is 4.74 Å². The van der Waals surface area contributed by atoms with Crippen molar-refractivity contribution >= 4 is 17.0 Å². The number of hydrogen-bond acceptors (Lipinski definition) is 2. The van der Waals surface area contributed by atoms with Crippen molar-refractivity contribution < 1.29 is 9.15 Å². The van der Waals surface area contributed by atoms with Crippen LogP contribution in [-0.2, 0) is 0 Å². The smallest absolute Gasteiger partial charge is 0.145 e. The van der Waals surface area contributed by atoms with Gasteiger partial charge in [-0.2, -0.15) is 0 Å². The van der Waals surface area contributed by atoms with Crippen LogP contribution in [0.2, 0.25) is 0 Å². The predicted molar refractivity (Wildman–Crippen MR) is 64.7 cm³/mol. The average molecular weight is 214 g/mol. The molecule has 3 rings (SSSR count). The van der Waals surface area contributed by atoms with Crippen LogP contribution >= 0.6 is 0 Å². The minimum atomic E-state index is -0.234. The van der Waals surface area contributed by atoms with Crippen LogP contribution in [0.4, 0.5) is 0 Å². The van der Waals surface area contributed by atoms with E-state index in [2.05, 4.69) is 12.2 Å². The van der Waals surface area contributed by atoms with Crippen molar-refractivity contribution in [1.82, 2.24) is 0 Å². The molecule has 0 atom stereocenters. The van der Waals surface area contributed by atoms with Crippen molar-refractivity contribution in [2.24, 2.45) is 0 Å². The molecule has 0 bridgehead atoms. The minimum Gasteiger partial charge on any atom is -0.483 e. The second-order valence-corrected chi connectivity index (χ2v) is 4.79. The van der Waals surface area contributed by atoms with E-state index in [0.717, 1.165) is 28.0 Å². The Bertz CT molecular complexity index is 588. The van der Waals surface area contributed by atoms with E-state index in [0.29, 0.717) is 0 Å².